The second kappa shape index (κ2) is 4.38. The summed E-state index contributed by atoms with van der Waals surface area (Å²) >= 11 is 0. The van der Waals surface area contributed by atoms with Crippen LogP contribution in [-0.2, 0) is 6.42 Å². The quantitative estimate of drug-likeness (QED) is 0.761. The summed E-state index contributed by atoms with van der Waals surface area (Å²) in [5, 5.41) is 3.21. The van der Waals surface area contributed by atoms with Gasteiger partial charge in [0.05, 0.1) is 0 Å². The first-order valence-electron chi connectivity index (χ1n) is 4.67. The summed E-state index contributed by atoms with van der Waals surface area (Å²) in [7, 11) is 1.99. The lowest BCUT2D eigenvalue weighted by Crippen LogP contribution is -2.28. The summed E-state index contributed by atoms with van der Waals surface area (Å²) in [6.45, 7) is 5.57. The first-order chi connectivity index (χ1) is 6.14. The number of rotatable bonds is 4. The zero-order chi connectivity index (χ0) is 9.73. The maximum Gasteiger partial charge on any atom is 0.0270 e. The van der Waals surface area contributed by atoms with E-state index in [-0.39, 0.29) is 0 Å². The van der Waals surface area contributed by atoms with E-state index in [1.807, 2.05) is 19.4 Å². The van der Waals surface area contributed by atoms with Crippen LogP contribution < -0.4 is 5.32 Å². The molecule has 1 rings (SSSR count). The van der Waals surface area contributed by atoms with E-state index in [4.69, 9.17) is 0 Å². The average Bonchev–Trinajstić information content (AvgIpc) is 2.04. The smallest absolute Gasteiger partial charge is 0.0270 e. The lowest BCUT2D eigenvalue weighted by molar-refractivity contribution is 0.350. The molecule has 0 bridgehead atoms. The SMILES string of the molecule is CNCC(C)(C)Cc1ccncc1. The van der Waals surface area contributed by atoms with Crippen molar-refractivity contribution in [2.24, 2.45) is 5.41 Å². The second-order valence-electron chi connectivity index (χ2n) is 4.23. The Morgan fingerprint density at radius 3 is 2.46 bits per heavy atom. The molecule has 0 fully saturated rings. The van der Waals surface area contributed by atoms with Crippen molar-refractivity contribution < 1.29 is 0 Å². The molecule has 0 saturated carbocycles. The van der Waals surface area contributed by atoms with E-state index in [2.05, 4.69) is 36.3 Å². The Labute approximate surface area is 80.4 Å². The maximum atomic E-state index is 4.01. The number of hydrogen-bond donors (Lipinski definition) is 1. The van der Waals surface area contributed by atoms with Crippen molar-refractivity contribution in [3.8, 4) is 0 Å². The first-order valence-corrected chi connectivity index (χ1v) is 4.67. The van der Waals surface area contributed by atoms with E-state index in [1.54, 1.807) is 0 Å². The molecule has 0 aliphatic heterocycles. The monoisotopic (exact) mass is 178 g/mol. The zero-order valence-corrected chi connectivity index (χ0v) is 8.67. The van der Waals surface area contributed by atoms with Gasteiger partial charge in [-0.2, -0.15) is 0 Å². The zero-order valence-electron chi connectivity index (χ0n) is 8.67. The van der Waals surface area contributed by atoms with Crippen LogP contribution in [0.3, 0.4) is 0 Å². The summed E-state index contributed by atoms with van der Waals surface area (Å²) in [6.07, 6.45) is 4.80. The van der Waals surface area contributed by atoms with Crippen molar-refractivity contribution in [1.82, 2.24) is 10.3 Å². The molecule has 1 aromatic heterocycles. The van der Waals surface area contributed by atoms with E-state index in [0.717, 1.165) is 13.0 Å². The Balaban J connectivity index is 2.58. The van der Waals surface area contributed by atoms with Crippen molar-refractivity contribution in [2.45, 2.75) is 20.3 Å². The molecule has 72 valence electrons. The molecule has 0 unspecified atom stereocenters. The predicted molar refractivity (Wildman–Crippen MR) is 55.6 cm³/mol. The molecule has 0 saturated heterocycles. The topological polar surface area (TPSA) is 24.9 Å². The molecule has 0 atom stereocenters. The van der Waals surface area contributed by atoms with Gasteiger partial charge in [0, 0.05) is 18.9 Å². The number of nitrogens with zero attached hydrogens (tertiary/aromatic N) is 1. The molecule has 13 heavy (non-hydrogen) atoms. The largest absolute Gasteiger partial charge is 0.319 e. The lowest BCUT2D eigenvalue weighted by Gasteiger charge is -2.24. The molecular formula is C11H18N2. The molecule has 2 nitrogen and oxygen atoms in total. The second-order valence-corrected chi connectivity index (χ2v) is 4.23. The molecule has 0 aliphatic rings. The van der Waals surface area contributed by atoms with Crippen molar-refractivity contribution >= 4 is 0 Å². The minimum Gasteiger partial charge on any atom is -0.319 e. The summed E-state index contributed by atoms with van der Waals surface area (Å²) in [5.74, 6) is 0. The summed E-state index contributed by atoms with van der Waals surface area (Å²) < 4.78 is 0. The summed E-state index contributed by atoms with van der Waals surface area (Å²) in [6, 6.07) is 4.16. The number of aromatic nitrogens is 1. The van der Waals surface area contributed by atoms with Crippen LogP contribution in [0.25, 0.3) is 0 Å². The van der Waals surface area contributed by atoms with Gasteiger partial charge < -0.3 is 5.32 Å². The molecule has 0 aliphatic carbocycles. The van der Waals surface area contributed by atoms with Crippen LogP contribution >= 0.6 is 0 Å². The van der Waals surface area contributed by atoms with Crippen molar-refractivity contribution in [3.05, 3.63) is 30.1 Å². The Morgan fingerprint density at radius 2 is 1.92 bits per heavy atom. The number of nitrogens with one attached hydrogen (secondary N) is 1. The van der Waals surface area contributed by atoms with E-state index in [0.29, 0.717) is 5.41 Å². The van der Waals surface area contributed by atoms with Gasteiger partial charge in [-0.3, -0.25) is 4.98 Å². The molecule has 1 heterocycles. The number of hydrogen-bond acceptors (Lipinski definition) is 2. The van der Waals surface area contributed by atoms with E-state index in [1.165, 1.54) is 5.56 Å². The minimum absolute atomic E-state index is 0.316. The standard InChI is InChI=1S/C11H18N2/c1-11(2,9-12-3)8-10-4-6-13-7-5-10/h4-7,12H,8-9H2,1-3H3. The van der Waals surface area contributed by atoms with E-state index >= 15 is 0 Å². The molecule has 0 amide bonds. The first kappa shape index (κ1) is 10.2. The molecule has 2 heteroatoms. The highest BCUT2D eigenvalue weighted by Gasteiger charge is 2.16. The molecular weight excluding hydrogens is 160 g/mol. The molecule has 0 radical (unpaired) electrons. The van der Waals surface area contributed by atoms with Crippen LogP contribution in [0, 0.1) is 5.41 Å². The maximum absolute atomic E-state index is 4.01. The normalized spacial score (nSPS) is 11.6. The molecule has 1 aromatic rings. The number of pyridine rings is 1. The van der Waals surface area contributed by atoms with Crippen LogP contribution in [0.5, 0.6) is 0 Å². The van der Waals surface area contributed by atoms with Gasteiger partial charge in [0.15, 0.2) is 0 Å². The van der Waals surface area contributed by atoms with Gasteiger partial charge in [-0.1, -0.05) is 13.8 Å². The van der Waals surface area contributed by atoms with Gasteiger partial charge in [-0.15, -0.1) is 0 Å². The Bertz CT molecular complexity index is 242. The van der Waals surface area contributed by atoms with Gasteiger partial charge in [-0.05, 0) is 36.6 Å². The Morgan fingerprint density at radius 1 is 1.31 bits per heavy atom. The third-order valence-corrected chi connectivity index (χ3v) is 2.09. The molecule has 1 N–H and O–H groups in total. The fourth-order valence-electron chi connectivity index (χ4n) is 1.59. The van der Waals surface area contributed by atoms with E-state index in [9.17, 15) is 0 Å². The van der Waals surface area contributed by atoms with Gasteiger partial charge in [-0.25, -0.2) is 0 Å². The van der Waals surface area contributed by atoms with Crippen LogP contribution in [0.2, 0.25) is 0 Å². The minimum atomic E-state index is 0.316. The van der Waals surface area contributed by atoms with Gasteiger partial charge >= 0.3 is 0 Å². The van der Waals surface area contributed by atoms with Gasteiger partial charge in [0.1, 0.15) is 0 Å². The fourth-order valence-corrected chi connectivity index (χ4v) is 1.59. The van der Waals surface area contributed by atoms with Crippen LogP contribution in [0.15, 0.2) is 24.5 Å². The van der Waals surface area contributed by atoms with Crippen LogP contribution in [0.1, 0.15) is 19.4 Å². The fraction of sp³-hybridized carbons (Fsp3) is 0.545. The van der Waals surface area contributed by atoms with Crippen LogP contribution in [-0.4, -0.2) is 18.6 Å². The highest BCUT2D eigenvalue weighted by molar-refractivity contribution is 5.11. The van der Waals surface area contributed by atoms with Crippen molar-refractivity contribution in [3.63, 3.8) is 0 Å². The molecule has 0 aromatic carbocycles. The molecule has 0 spiro atoms. The third-order valence-electron chi connectivity index (χ3n) is 2.09. The average molecular weight is 178 g/mol. The van der Waals surface area contributed by atoms with Crippen LogP contribution in [0.4, 0.5) is 0 Å². The highest BCUT2D eigenvalue weighted by atomic mass is 14.8. The summed E-state index contributed by atoms with van der Waals surface area (Å²) in [5.41, 5.74) is 1.67. The van der Waals surface area contributed by atoms with Crippen molar-refractivity contribution in [1.29, 1.82) is 0 Å². The van der Waals surface area contributed by atoms with E-state index < -0.39 is 0 Å². The predicted octanol–water partition coefficient (Wildman–Crippen LogP) is 1.87. The Kier molecular flexibility index (Phi) is 3.43. The summed E-state index contributed by atoms with van der Waals surface area (Å²) in [4.78, 5) is 4.01. The van der Waals surface area contributed by atoms with Crippen molar-refractivity contribution in [2.75, 3.05) is 13.6 Å². The third kappa shape index (κ3) is 3.55. The van der Waals surface area contributed by atoms with Gasteiger partial charge in [0.25, 0.3) is 0 Å². The Hall–Kier alpha value is -0.890. The van der Waals surface area contributed by atoms with Gasteiger partial charge in [0.2, 0.25) is 0 Å². The lowest BCUT2D eigenvalue weighted by atomic mass is 9.86. The highest BCUT2D eigenvalue weighted by Crippen LogP contribution is 2.19.